The zero-order chi connectivity index (χ0) is 14.4. The van der Waals surface area contributed by atoms with E-state index in [1.165, 1.54) is 56.3 Å². The molecule has 0 bridgehead atoms. The van der Waals surface area contributed by atoms with Crippen molar-refractivity contribution < 1.29 is 0 Å². The first kappa shape index (κ1) is 15.2. The van der Waals surface area contributed by atoms with Gasteiger partial charge in [0.15, 0.2) is 0 Å². The van der Waals surface area contributed by atoms with Crippen LogP contribution in [-0.2, 0) is 0 Å². The molecule has 0 spiro atoms. The fourth-order valence-electron chi connectivity index (χ4n) is 3.33. The molecule has 2 atom stereocenters. The summed E-state index contributed by atoms with van der Waals surface area (Å²) in [5.41, 5.74) is 2.54. The summed E-state index contributed by atoms with van der Waals surface area (Å²) in [7, 11) is 4.19. The summed E-state index contributed by atoms with van der Waals surface area (Å²) in [5, 5.41) is 3.75. The van der Waals surface area contributed by atoms with Crippen LogP contribution in [0.15, 0.2) is 24.3 Å². The molecule has 1 N–H and O–H groups in total. The zero-order valence-electron chi connectivity index (χ0n) is 13.4. The summed E-state index contributed by atoms with van der Waals surface area (Å²) in [5.74, 6) is 0.972. The molecule has 0 saturated heterocycles. The van der Waals surface area contributed by atoms with Crippen LogP contribution < -0.4 is 10.2 Å². The van der Waals surface area contributed by atoms with Gasteiger partial charge in [0, 0.05) is 31.5 Å². The Morgan fingerprint density at radius 1 is 1.15 bits per heavy atom. The predicted molar refractivity (Wildman–Crippen MR) is 89.7 cm³/mol. The van der Waals surface area contributed by atoms with Crippen molar-refractivity contribution in [3.05, 3.63) is 24.3 Å². The van der Waals surface area contributed by atoms with Crippen LogP contribution in [0, 0.1) is 5.92 Å². The number of anilines is 2. The molecule has 1 aliphatic carbocycles. The predicted octanol–water partition coefficient (Wildman–Crippen LogP) is 4.91. The highest BCUT2D eigenvalue weighted by Crippen LogP contribution is 2.29. The molecule has 2 rings (SSSR count). The van der Waals surface area contributed by atoms with Gasteiger partial charge in [0.25, 0.3) is 0 Å². The molecule has 1 aromatic rings. The van der Waals surface area contributed by atoms with Gasteiger partial charge >= 0.3 is 0 Å². The molecule has 0 radical (unpaired) electrons. The molecule has 1 aliphatic rings. The quantitative estimate of drug-likeness (QED) is 0.767. The van der Waals surface area contributed by atoms with Crippen molar-refractivity contribution in [2.24, 2.45) is 5.92 Å². The van der Waals surface area contributed by atoms with Gasteiger partial charge in [-0.3, -0.25) is 0 Å². The standard InChI is InChI=1S/C18H30N2/c1-4-7-15-8-5-9-16(13-12-15)19-17-10-6-11-18(14-17)20(2)3/h6,10-11,14-16,19H,4-5,7-9,12-13H2,1-3H3. The second-order valence-corrected chi connectivity index (χ2v) is 6.45. The summed E-state index contributed by atoms with van der Waals surface area (Å²) in [6.45, 7) is 2.31. The van der Waals surface area contributed by atoms with Gasteiger partial charge in [-0.15, -0.1) is 0 Å². The van der Waals surface area contributed by atoms with E-state index >= 15 is 0 Å². The second-order valence-electron chi connectivity index (χ2n) is 6.45. The first-order valence-corrected chi connectivity index (χ1v) is 8.23. The minimum atomic E-state index is 0.661. The monoisotopic (exact) mass is 274 g/mol. The summed E-state index contributed by atoms with van der Waals surface area (Å²) in [6, 6.07) is 9.42. The van der Waals surface area contributed by atoms with Crippen LogP contribution in [0.5, 0.6) is 0 Å². The van der Waals surface area contributed by atoms with Gasteiger partial charge < -0.3 is 10.2 Å². The van der Waals surface area contributed by atoms with Crippen LogP contribution in [0.25, 0.3) is 0 Å². The van der Waals surface area contributed by atoms with Crippen LogP contribution >= 0.6 is 0 Å². The molecule has 112 valence electrons. The molecular formula is C18H30N2. The lowest BCUT2D eigenvalue weighted by molar-refractivity contribution is 0.422. The third kappa shape index (κ3) is 4.43. The Bertz CT molecular complexity index is 400. The summed E-state index contributed by atoms with van der Waals surface area (Å²) in [4.78, 5) is 2.16. The SMILES string of the molecule is CCCC1CCCC(Nc2cccc(N(C)C)c2)CC1. The number of nitrogens with one attached hydrogen (secondary N) is 1. The van der Waals surface area contributed by atoms with Gasteiger partial charge in [-0.1, -0.05) is 38.7 Å². The maximum absolute atomic E-state index is 3.75. The lowest BCUT2D eigenvalue weighted by Crippen LogP contribution is -2.19. The highest BCUT2D eigenvalue weighted by atomic mass is 15.1. The van der Waals surface area contributed by atoms with Gasteiger partial charge in [0.2, 0.25) is 0 Å². The van der Waals surface area contributed by atoms with E-state index in [1.54, 1.807) is 0 Å². The molecule has 1 fully saturated rings. The Labute approximate surface area is 124 Å². The summed E-state index contributed by atoms with van der Waals surface area (Å²) >= 11 is 0. The maximum atomic E-state index is 3.75. The number of hydrogen-bond donors (Lipinski definition) is 1. The number of hydrogen-bond acceptors (Lipinski definition) is 2. The highest BCUT2D eigenvalue weighted by Gasteiger charge is 2.18. The molecule has 2 unspecified atom stereocenters. The van der Waals surface area contributed by atoms with Gasteiger partial charge in [-0.25, -0.2) is 0 Å². The van der Waals surface area contributed by atoms with E-state index in [0.29, 0.717) is 6.04 Å². The minimum Gasteiger partial charge on any atom is -0.382 e. The normalized spacial score (nSPS) is 23.1. The van der Waals surface area contributed by atoms with Crippen LogP contribution in [0.4, 0.5) is 11.4 Å². The average Bonchev–Trinajstić information content (AvgIpc) is 2.65. The Morgan fingerprint density at radius 2 is 2.00 bits per heavy atom. The fraction of sp³-hybridized carbons (Fsp3) is 0.667. The Morgan fingerprint density at radius 3 is 2.75 bits per heavy atom. The van der Waals surface area contributed by atoms with E-state index in [-0.39, 0.29) is 0 Å². The highest BCUT2D eigenvalue weighted by molar-refractivity contribution is 5.57. The largest absolute Gasteiger partial charge is 0.382 e. The van der Waals surface area contributed by atoms with E-state index in [1.807, 2.05) is 0 Å². The first-order chi connectivity index (χ1) is 9.69. The average molecular weight is 274 g/mol. The molecule has 0 heterocycles. The van der Waals surface area contributed by atoms with E-state index in [2.05, 4.69) is 55.5 Å². The van der Waals surface area contributed by atoms with E-state index in [0.717, 1.165) is 5.92 Å². The number of benzene rings is 1. The molecule has 2 nitrogen and oxygen atoms in total. The Kier molecular flexibility index (Phi) is 5.75. The topological polar surface area (TPSA) is 15.3 Å². The molecule has 0 amide bonds. The molecule has 1 aromatic carbocycles. The summed E-state index contributed by atoms with van der Waals surface area (Å²) < 4.78 is 0. The molecule has 1 saturated carbocycles. The van der Waals surface area contributed by atoms with Crippen molar-refractivity contribution >= 4 is 11.4 Å². The van der Waals surface area contributed by atoms with Crippen LogP contribution in [0.1, 0.15) is 51.9 Å². The van der Waals surface area contributed by atoms with E-state index < -0.39 is 0 Å². The third-order valence-electron chi connectivity index (χ3n) is 4.52. The molecule has 0 aromatic heterocycles. The second kappa shape index (κ2) is 7.56. The van der Waals surface area contributed by atoms with Crippen LogP contribution in [-0.4, -0.2) is 20.1 Å². The Hall–Kier alpha value is -1.18. The van der Waals surface area contributed by atoms with Crippen molar-refractivity contribution in [2.45, 2.75) is 57.9 Å². The van der Waals surface area contributed by atoms with Crippen molar-refractivity contribution in [1.82, 2.24) is 0 Å². The first-order valence-electron chi connectivity index (χ1n) is 8.23. The fourth-order valence-corrected chi connectivity index (χ4v) is 3.33. The van der Waals surface area contributed by atoms with Gasteiger partial charge in [-0.2, -0.15) is 0 Å². The van der Waals surface area contributed by atoms with Crippen molar-refractivity contribution in [2.75, 3.05) is 24.3 Å². The smallest absolute Gasteiger partial charge is 0.0381 e. The molecule has 20 heavy (non-hydrogen) atoms. The van der Waals surface area contributed by atoms with Crippen molar-refractivity contribution in [1.29, 1.82) is 0 Å². The zero-order valence-corrected chi connectivity index (χ0v) is 13.4. The van der Waals surface area contributed by atoms with Gasteiger partial charge in [0.05, 0.1) is 0 Å². The maximum Gasteiger partial charge on any atom is 0.0381 e. The third-order valence-corrected chi connectivity index (χ3v) is 4.52. The van der Waals surface area contributed by atoms with Crippen LogP contribution in [0.3, 0.4) is 0 Å². The number of rotatable bonds is 5. The number of nitrogens with zero attached hydrogens (tertiary/aromatic N) is 1. The minimum absolute atomic E-state index is 0.661. The lowest BCUT2D eigenvalue weighted by atomic mass is 9.95. The molecule has 2 heteroatoms. The summed E-state index contributed by atoms with van der Waals surface area (Å²) in [6.07, 6.45) is 9.64. The lowest BCUT2D eigenvalue weighted by Gasteiger charge is -2.20. The molecular weight excluding hydrogens is 244 g/mol. The van der Waals surface area contributed by atoms with Gasteiger partial charge in [0.1, 0.15) is 0 Å². The van der Waals surface area contributed by atoms with E-state index in [9.17, 15) is 0 Å². The van der Waals surface area contributed by atoms with Crippen molar-refractivity contribution in [3.8, 4) is 0 Å². The molecule has 0 aliphatic heterocycles. The van der Waals surface area contributed by atoms with Gasteiger partial charge in [-0.05, 0) is 43.4 Å². The van der Waals surface area contributed by atoms with Crippen LogP contribution in [0.2, 0.25) is 0 Å². The Balaban J connectivity index is 1.91. The van der Waals surface area contributed by atoms with Crippen molar-refractivity contribution in [3.63, 3.8) is 0 Å². The van der Waals surface area contributed by atoms with E-state index in [4.69, 9.17) is 0 Å².